The lowest BCUT2D eigenvalue weighted by atomic mass is 10.1. The van der Waals surface area contributed by atoms with Crippen molar-refractivity contribution in [1.82, 2.24) is 5.43 Å². The fourth-order valence-corrected chi connectivity index (χ4v) is 3.00. The molecule has 1 aromatic heterocycles. The number of halogens is 1. The highest BCUT2D eigenvalue weighted by Crippen LogP contribution is 2.22. The number of rotatable bonds is 7. The Labute approximate surface area is 169 Å². The maximum atomic E-state index is 12.1. The summed E-state index contributed by atoms with van der Waals surface area (Å²) in [5.41, 5.74) is 3.73. The van der Waals surface area contributed by atoms with Crippen molar-refractivity contribution in [3.63, 3.8) is 0 Å². The first-order chi connectivity index (χ1) is 13.5. The Hall–Kier alpha value is -3.23. The lowest BCUT2D eigenvalue weighted by Gasteiger charge is -2.07. The van der Waals surface area contributed by atoms with Crippen LogP contribution in [-0.4, -0.2) is 17.0 Å². The van der Waals surface area contributed by atoms with Gasteiger partial charge in [0.2, 0.25) is 0 Å². The van der Waals surface area contributed by atoms with Crippen LogP contribution in [0.15, 0.2) is 65.8 Å². The normalized spacial score (nSPS) is 10.8. The molecule has 3 aromatic rings. The van der Waals surface area contributed by atoms with E-state index in [4.69, 9.17) is 16.3 Å². The summed E-state index contributed by atoms with van der Waals surface area (Å²) in [6.45, 7) is 0.360. The maximum Gasteiger partial charge on any atom is 0.324 e. The molecule has 0 aliphatic heterocycles. The van der Waals surface area contributed by atoms with E-state index in [-0.39, 0.29) is 10.9 Å². The summed E-state index contributed by atoms with van der Waals surface area (Å²) in [6.07, 6.45) is 1.36. The maximum absolute atomic E-state index is 12.1. The highest BCUT2D eigenvalue weighted by molar-refractivity contribution is 7.16. The fraction of sp³-hybridized carbons (Fsp3) is 0.0526. The van der Waals surface area contributed by atoms with Crippen LogP contribution in [0.4, 0.5) is 5.00 Å². The van der Waals surface area contributed by atoms with Crippen LogP contribution in [0.5, 0.6) is 5.75 Å². The zero-order chi connectivity index (χ0) is 19.9. The van der Waals surface area contributed by atoms with Crippen molar-refractivity contribution in [2.45, 2.75) is 6.61 Å². The molecule has 0 radical (unpaired) electrons. The number of nitro groups is 1. The second-order valence-corrected chi connectivity index (χ2v) is 7.10. The molecule has 0 aliphatic carbocycles. The van der Waals surface area contributed by atoms with Gasteiger partial charge in [0.1, 0.15) is 12.4 Å². The highest BCUT2D eigenvalue weighted by Gasteiger charge is 2.08. The van der Waals surface area contributed by atoms with Gasteiger partial charge in [-0.3, -0.25) is 14.9 Å². The Balaban J connectivity index is 1.52. The lowest BCUT2D eigenvalue weighted by Crippen LogP contribution is -2.17. The van der Waals surface area contributed by atoms with E-state index in [1.54, 1.807) is 54.6 Å². The van der Waals surface area contributed by atoms with E-state index >= 15 is 0 Å². The van der Waals surface area contributed by atoms with Crippen LogP contribution in [-0.2, 0) is 6.61 Å². The molecule has 9 heteroatoms. The van der Waals surface area contributed by atoms with E-state index in [0.29, 0.717) is 27.8 Å². The van der Waals surface area contributed by atoms with E-state index in [2.05, 4.69) is 10.5 Å². The van der Waals surface area contributed by atoms with Crippen molar-refractivity contribution >= 4 is 40.1 Å². The smallest absolute Gasteiger partial charge is 0.324 e. The molecule has 7 nitrogen and oxygen atoms in total. The van der Waals surface area contributed by atoms with E-state index in [9.17, 15) is 14.9 Å². The van der Waals surface area contributed by atoms with E-state index in [0.717, 1.165) is 16.9 Å². The van der Waals surface area contributed by atoms with Crippen LogP contribution in [0.1, 0.15) is 20.8 Å². The average molecular weight is 416 g/mol. The van der Waals surface area contributed by atoms with Gasteiger partial charge in [-0.1, -0.05) is 35.1 Å². The van der Waals surface area contributed by atoms with Gasteiger partial charge in [0.05, 0.1) is 16.0 Å². The Bertz CT molecular complexity index is 1000. The zero-order valence-corrected chi connectivity index (χ0v) is 15.9. The molecular formula is C19H14ClN3O4S. The molecule has 3 rings (SSSR count). The van der Waals surface area contributed by atoms with Gasteiger partial charge in [-0.2, -0.15) is 5.10 Å². The van der Waals surface area contributed by atoms with Gasteiger partial charge in [-0.25, -0.2) is 5.43 Å². The predicted molar refractivity (Wildman–Crippen MR) is 108 cm³/mol. The number of nitrogens with one attached hydrogen (secondary N) is 1. The molecule has 0 spiro atoms. The molecule has 2 aromatic carbocycles. The molecule has 0 bridgehead atoms. The third kappa shape index (κ3) is 5.38. The molecule has 1 heterocycles. The SMILES string of the molecule is O=C(N/N=C\c1ccc([N+](=O)[O-])s1)c1ccc(COc2ccc(Cl)cc2)cc1. The van der Waals surface area contributed by atoms with Crippen molar-refractivity contribution in [3.8, 4) is 5.75 Å². The number of benzene rings is 2. The first-order valence-electron chi connectivity index (χ1n) is 8.06. The van der Waals surface area contributed by atoms with Gasteiger partial charge >= 0.3 is 5.00 Å². The van der Waals surface area contributed by atoms with E-state index < -0.39 is 4.92 Å². The number of carbonyl (C=O) groups is 1. The molecule has 0 aliphatic rings. The van der Waals surface area contributed by atoms with E-state index in [1.807, 2.05) is 0 Å². The molecular weight excluding hydrogens is 402 g/mol. The largest absolute Gasteiger partial charge is 0.489 e. The monoisotopic (exact) mass is 415 g/mol. The summed E-state index contributed by atoms with van der Waals surface area (Å²) in [5.74, 6) is 0.321. The predicted octanol–water partition coefficient (Wildman–Crippen LogP) is 4.65. The number of nitrogens with zero attached hydrogens (tertiary/aromatic N) is 2. The minimum atomic E-state index is -0.473. The minimum Gasteiger partial charge on any atom is -0.489 e. The van der Waals surface area contributed by atoms with Gasteiger partial charge < -0.3 is 4.74 Å². The van der Waals surface area contributed by atoms with Crippen LogP contribution in [0.25, 0.3) is 0 Å². The summed E-state index contributed by atoms with van der Waals surface area (Å²) < 4.78 is 5.65. The third-order valence-electron chi connectivity index (χ3n) is 3.59. The number of carbonyl (C=O) groups excluding carboxylic acids is 1. The minimum absolute atomic E-state index is 0.0178. The Morgan fingerprint density at radius 2 is 1.86 bits per heavy atom. The summed E-state index contributed by atoms with van der Waals surface area (Å²) in [5, 5.41) is 15.1. The highest BCUT2D eigenvalue weighted by atomic mass is 35.5. The Morgan fingerprint density at radius 1 is 1.14 bits per heavy atom. The summed E-state index contributed by atoms with van der Waals surface area (Å²) in [6, 6.07) is 16.9. The molecule has 0 fully saturated rings. The summed E-state index contributed by atoms with van der Waals surface area (Å²) in [4.78, 5) is 22.8. The zero-order valence-electron chi connectivity index (χ0n) is 14.4. The van der Waals surface area contributed by atoms with Crippen molar-refractivity contribution in [2.75, 3.05) is 0 Å². The van der Waals surface area contributed by atoms with E-state index in [1.165, 1.54) is 12.3 Å². The van der Waals surface area contributed by atoms with Crippen LogP contribution in [0.3, 0.4) is 0 Å². The Kier molecular flexibility index (Phi) is 6.36. The number of hydrazone groups is 1. The van der Waals surface area contributed by atoms with Gasteiger partial charge in [0.25, 0.3) is 5.91 Å². The van der Waals surface area contributed by atoms with Crippen LogP contribution < -0.4 is 10.2 Å². The van der Waals surface area contributed by atoms with Gasteiger partial charge in [-0.05, 0) is 48.0 Å². The number of hydrogen-bond acceptors (Lipinski definition) is 6. The van der Waals surface area contributed by atoms with Crippen molar-refractivity contribution in [1.29, 1.82) is 0 Å². The van der Waals surface area contributed by atoms with Crippen LogP contribution in [0, 0.1) is 10.1 Å². The molecule has 142 valence electrons. The molecule has 1 amide bonds. The molecule has 0 saturated carbocycles. The molecule has 0 unspecified atom stereocenters. The molecule has 0 atom stereocenters. The molecule has 28 heavy (non-hydrogen) atoms. The fourth-order valence-electron chi connectivity index (χ4n) is 2.18. The number of hydrogen-bond donors (Lipinski definition) is 1. The van der Waals surface area contributed by atoms with Gasteiger partial charge in [0.15, 0.2) is 0 Å². The van der Waals surface area contributed by atoms with Gasteiger partial charge in [-0.15, -0.1) is 0 Å². The molecule has 0 saturated heterocycles. The summed E-state index contributed by atoms with van der Waals surface area (Å²) >= 11 is 6.80. The van der Waals surface area contributed by atoms with Crippen LogP contribution >= 0.6 is 22.9 Å². The van der Waals surface area contributed by atoms with Crippen molar-refractivity contribution in [3.05, 3.63) is 91.8 Å². The lowest BCUT2D eigenvalue weighted by molar-refractivity contribution is -0.380. The average Bonchev–Trinajstić information content (AvgIpc) is 3.17. The molecule has 1 N–H and O–H groups in total. The Morgan fingerprint density at radius 3 is 2.50 bits per heavy atom. The van der Waals surface area contributed by atoms with Crippen molar-refractivity contribution in [2.24, 2.45) is 5.10 Å². The summed E-state index contributed by atoms with van der Waals surface area (Å²) in [7, 11) is 0. The second-order valence-electron chi connectivity index (χ2n) is 5.57. The first kappa shape index (κ1) is 19.5. The quantitative estimate of drug-likeness (QED) is 0.345. The standard InChI is InChI=1S/C19H14ClN3O4S/c20-15-5-7-16(8-6-15)27-12-13-1-3-14(4-2-13)19(24)22-21-11-17-9-10-18(28-17)23(25)26/h1-11H,12H2,(H,22,24)/b21-11-. The number of ether oxygens (including phenoxy) is 1. The van der Waals surface area contributed by atoms with Gasteiger partial charge in [0, 0.05) is 16.7 Å². The topological polar surface area (TPSA) is 93.8 Å². The first-order valence-corrected chi connectivity index (χ1v) is 9.25. The van der Waals surface area contributed by atoms with Crippen LogP contribution in [0.2, 0.25) is 5.02 Å². The number of thiophene rings is 1. The third-order valence-corrected chi connectivity index (χ3v) is 4.81. The van der Waals surface area contributed by atoms with Crippen molar-refractivity contribution < 1.29 is 14.5 Å². The number of amides is 1. The second kappa shape index (κ2) is 9.12.